The maximum absolute atomic E-state index is 13.3. The fraction of sp³-hybridized carbons (Fsp3) is 0.278. The molecule has 0 spiro atoms. The Bertz CT molecular complexity index is 836. The number of aromatic nitrogens is 1. The van der Waals surface area contributed by atoms with E-state index in [1.807, 2.05) is 4.90 Å². The fourth-order valence-corrected chi connectivity index (χ4v) is 2.76. The van der Waals surface area contributed by atoms with Crippen LogP contribution < -0.4 is 10.2 Å². The van der Waals surface area contributed by atoms with Gasteiger partial charge < -0.3 is 15.1 Å². The maximum Gasteiger partial charge on any atom is 0.255 e. The van der Waals surface area contributed by atoms with Crippen LogP contribution in [0.15, 0.2) is 36.5 Å². The van der Waals surface area contributed by atoms with Crippen molar-refractivity contribution in [3.05, 3.63) is 53.7 Å². The van der Waals surface area contributed by atoms with Crippen molar-refractivity contribution < 1.29 is 18.4 Å². The summed E-state index contributed by atoms with van der Waals surface area (Å²) in [6.07, 6.45) is 1.52. The number of nitrogens with one attached hydrogen (secondary N) is 1. The number of pyridine rings is 1. The summed E-state index contributed by atoms with van der Waals surface area (Å²) in [7, 11) is 0. The SMILES string of the molecule is CC(=O)N1CCN(c2cc(C(=O)Nc3ccc(F)c(F)c3)ccn2)CC1. The van der Waals surface area contributed by atoms with Crippen molar-refractivity contribution in [1.29, 1.82) is 0 Å². The van der Waals surface area contributed by atoms with E-state index in [1.165, 1.54) is 19.2 Å². The van der Waals surface area contributed by atoms with Crippen molar-refractivity contribution in [3.8, 4) is 0 Å². The predicted molar refractivity (Wildman–Crippen MR) is 93.0 cm³/mol. The van der Waals surface area contributed by atoms with Gasteiger partial charge in [0.2, 0.25) is 5.91 Å². The first kappa shape index (κ1) is 17.8. The number of halogens is 2. The van der Waals surface area contributed by atoms with Gasteiger partial charge in [-0.3, -0.25) is 9.59 Å². The normalized spacial score (nSPS) is 14.3. The van der Waals surface area contributed by atoms with Gasteiger partial charge in [0.25, 0.3) is 5.91 Å². The summed E-state index contributed by atoms with van der Waals surface area (Å²) >= 11 is 0. The van der Waals surface area contributed by atoms with Gasteiger partial charge in [0.1, 0.15) is 5.82 Å². The molecule has 8 heteroatoms. The van der Waals surface area contributed by atoms with Crippen LogP contribution in [0.3, 0.4) is 0 Å². The summed E-state index contributed by atoms with van der Waals surface area (Å²) in [5, 5.41) is 2.53. The largest absolute Gasteiger partial charge is 0.353 e. The van der Waals surface area contributed by atoms with E-state index in [9.17, 15) is 18.4 Å². The molecule has 3 rings (SSSR count). The van der Waals surface area contributed by atoms with Crippen LogP contribution in [0.5, 0.6) is 0 Å². The molecule has 1 aromatic carbocycles. The van der Waals surface area contributed by atoms with Crippen LogP contribution in [0.1, 0.15) is 17.3 Å². The highest BCUT2D eigenvalue weighted by Crippen LogP contribution is 2.18. The molecule has 1 saturated heterocycles. The number of carbonyl (C=O) groups excluding carboxylic acids is 2. The topological polar surface area (TPSA) is 65.5 Å². The van der Waals surface area contributed by atoms with Crippen LogP contribution in [0.2, 0.25) is 0 Å². The lowest BCUT2D eigenvalue weighted by molar-refractivity contribution is -0.129. The van der Waals surface area contributed by atoms with Gasteiger partial charge in [0.15, 0.2) is 11.6 Å². The summed E-state index contributed by atoms with van der Waals surface area (Å²) in [5.41, 5.74) is 0.524. The number of rotatable bonds is 3. The Morgan fingerprint density at radius 2 is 1.77 bits per heavy atom. The van der Waals surface area contributed by atoms with Crippen molar-refractivity contribution in [2.75, 3.05) is 36.4 Å². The molecule has 0 unspecified atom stereocenters. The molecule has 2 amide bonds. The van der Waals surface area contributed by atoms with E-state index in [1.54, 1.807) is 17.0 Å². The molecule has 1 aromatic heterocycles. The summed E-state index contributed by atoms with van der Waals surface area (Å²) in [6, 6.07) is 6.36. The lowest BCUT2D eigenvalue weighted by Gasteiger charge is -2.35. The smallest absolute Gasteiger partial charge is 0.255 e. The Labute approximate surface area is 149 Å². The van der Waals surface area contributed by atoms with Crippen LogP contribution in [0, 0.1) is 11.6 Å². The summed E-state index contributed by atoms with van der Waals surface area (Å²) < 4.78 is 26.2. The lowest BCUT2D eigenvalue weighted by atomic mass is 10.2. The second-order valence-corrected chi connectivity index (χ2v) is 5.98. The Morgan fingerprint density at radius 1 is 1.04 bits per heavy atom. The second-order valence-electron chi connectivity index (χ2n) is 5.98. The quantitative estimate of drug-likeness (QED) is 0.912. The average Bonchev–Trinajstić information content (AvgIpc) is 2.65. The van der Waals surface area contributed by atoms with E-state index in [2.05, 4.69) is 10.3 Å². The Balaban J connectivity index is 1.69. The Kier molecular flexibility index (Phi) is 5.11. The van der Waals surface area contributed by atoms with Crippen LogP contribution in [-0.2, 0) is 4.79 Å². The van der Waals surface area contributed by atoms with Crippen molar-refractivity contribution >= 4 is 23.3 Å². The molecule has 0 radical (unpaired) electrons. The fourth-order valence-electron chi connectivity index (χ4n) is 2.76. The molecule has 1 N–H and O–H groups in total. The maximum atomic E-state index is 13.3. The van der Waals surface area contributed by atoms with E-state index in [0.29, 0.717) is 37.6 Å². The average molecular weight is 360 g/mol. The van der Waals surface area contributed by atoms with Crippen molar-refractivity contribution in [1.82, 2.24) is 9.88 Å². The van der Waals surface area contributed by atoms with E-state index < -0.39 is 17.5 Å². The number of anilines is 2. The van der Waals surface area contributed by atoms with Gasteiger partial charge in [-0.1, -0.05) is 0 Å². The molecule has 1 aliphatic rings. The first-order valence-corrected chi connectivity index (χ1v) is 8.17. The van der Waals surface area contributed by atoms with Crippen LogP contribution in [-0.4, -0.2) is 47.9 Å². The van der Waals surface area contributed by atoms with E-state index in [0.717, 1.165) is 12.1 Å². The molecule has 0 aliphatic carbocycles. The minimum atomic E-state index is -1.03. The number of benzene rings is 1. The van der Waals surface area contributed by atoms with Gasteiger partial charge in [0, 0.05) is 56.6 Å². The predicted octanol–water partition coefficient (Wildman–Crippen LogP) is 2.28. The highest BCUT2D eigenvalue weighted by atomic mass is 19.2. The summed E-state index contributed by atoms with van der Waals surface area (Å²) in [5.74, 6) is -1.77. The second kappa shape index (κ2) is 7.47. The van der Waals surface area contributed by atoms with Crippen molar-refractivity contribution in [2.24, 2.45) is 0 Å². The zero-order valence-corrected chi connectivity index (χ0v) is 14.2. The van der Waals surface area contributed by atoms with Crippen LogP contribution in [0.25, 0.3) is 0 Å². The first-order valence-electron chi connectivity index (χ1n) is 8.17. The minimum Gasteiger partial charge on any atom is -0.353 e. The highest BCUT2D eigenvalue weighted by molar-refractivity contribution is 6.04. The number of amides is 2. The number of carbonyl (C=O) groups is 2. The standard InChI is InChI=1S/C18H18F2N4O2/c1-12(25)23-6-8-24(9-7-23)17-10-13(4-5-21-17)18(26)22-14-2-3-15(19)16(20)11-14/h2-5,10-11H,6-9H2,1H3,(H,22,26). The number of hydrogen-bond donors (Lipinski definition) is 1. The third-order valence-electron chi connectivity index (χ3n) is 4.23. The van der Waals surface area contributed by atoms with Gasteiger partial charge >= 0.3 is 0 Å². The summed E-state index contributed by atoms with van der Waals surface area (Å²) in [4.78, 5) is 31.8. The highest BCUT2D eigenvalue weighted by Gasteiger charge is 2.20. The molecule has 136 valence electrons. The van der Waals surface area contributed by atoms with Crippen molar-refractivity contribution in [2.45, 2.75) is 6.92 Å². The molecule has 0 bridgehead atoms. The van der Waals surface area contributed by atoms with Crippen molar-refractivity contribution in [3.63, 3.8) is 0 Å². The Morgan fingerprint density at radius 3 is 2.42 bits per heavy atom. The molecular weight excluding hydrogens is 342 g/mol. The third kappa shape index (κ3) is 3.96. The first-order chi connectivity index (χ1) is 12.4. The summed E-state index contributed by atoms with van der Waals surface area (Å²) in [6.45, 7) is 3.99. The molecule has 0 saturated carbocycles. The zero-order valence-electron chi connectivity index (χ0n) is 14.2. The number of nitrogens with zero attached hydrogens (tertiary/aromatic N) is 3. The van der Waals surface area contributed by atoms with Gasteiger partial charge in [-0.25, -0.2) is 13.8 Å². The van der Waals surface area contributed by atoms with Gasteiger partial charge in [0.05, 0.1) is 0 Å². The molecule has 1 fully saturated rings. The van der Waals surface area contributed by atoms with Crippen LogP contribution >= 0.6 is 0 Å². The molecule has 1 aliphatic heterocycles. The van der Waals surface area contributed by atoms with Gasteiger partial charge in [-0.2, -0.15) is 0 Å². The Hall–Kier alpha value is -3.03. The third-order valence-corrected chi connectivity index (χ3v) is 4.23. The molecule has 0 atom stereocenters. The molecule has 2 aromatic rings. The molecule has 6 nitrogen and oxygen atoms in total. The van der Waals surface area contributed by atoms with Crippen LogP contribution in [0.4, 0.5) is 20.3 Å². The molecular formula is C18H18F2N4O2. The zero-order chi connectivity index (χ0) is 18.7. The molecule has 26 heavy (non-hydrogen) atoms. The van der Waals surface area contributed by atoms with Gasteiger partial charge in [-0.05, 0) is 24.3 Å². The van der Waals surface area contributed by atoms with E-state index in [-0.39, 0.29) is 11.6 Å². The lowest BCUT2D eigenvalue weighted by Crippen LogP contribution is -2.48. The number of piperazine rings is 1. The monoisotopic (exact) mass is 360 g/mol. The van der Waals surface area contributed by atoms with E-state index >= 15 is 0 Å². The molecule has 2 heterocycles. The number of hydrogen-bond acceptors (Lipinski definition) is 4. The minimum absolute atomic E-state index is 0.0391. The van der Waals surface area contributed by atoms with Gasteiger partial charge in [-0.15, -0.1) is 0 Å². The van der Waals surface area contributed by atoms with E-state index in [4.69, 9.17) is 0 Å².